The minimum Gasteiger partial charge on any atom is -0.326 e. The molecule has 1 aromatic heterocycles. The maximum atomic E-state index is 12.5. The smallest absolute Gasteiger partial charge is 0.266 e. The van der Waals surface area contributed by atoms with Gasteiger partial charge in [0.05, 0.1) is 4.91 Å². The lowest BCUT2D eigenvalue weighted by Gasteiger charge is -2.14. The highest BCUT2D eigenvalue weighted by atomic mass is 127. The third-order valence-corrected chi connectivity index (χ3v) is 7.02. The first kappa shape index (κ1) is 21.5. The number of thioether (sulfide) groups is 1. The summed E-state index contributed by atoms with van der Waals surface area (Å²) >= 11 is 10.6. The molecule has 0 bridgehead atoms. The van der Waals surface area contributed by atoms with Crippen LogP contribution in [-0.4, -0.2) is 27.6 Å². The molecular formula is C20H19IN2O2S3. The van der Waals surface area contributed by atoms with Gasteiger partial charge in [-0.15, -0.1) is 11.3 Å². The van der Waals surface area contributed by atoms with Gasteiger partial charge in [0.2, 0.25) is 5.91 Å². The Kier molecular flexibility index (Phi) is 8.07. The van der Waals surface area contributed by atoms with Crippen molar-refractivity contribution < 1.29 is 9.59 Å². The van der Waals surface area contributed by atoms with Crippen molar-refractivity contribution in [3.63, 3.8) is 0 Å². The molecule has 0 radical (unpaired) electrons. The van der Waals surface area contributed by atoms with Gasteiger partial charge in [-0.25, -0.2) is 0 Å². The Morgan fingerprint density at radius 3 is 2.68 bits per heavy atom. The van der Waals surface area contributed by atoms with Gasteiger partial charge in [-0.1, -0.05) is 36.5 Å². The van der Waals surface area contributed by atoms with Crippen LogP contribution in [0, 0.1) is 3.57 Å². The summed E-state index contributed by atoms with van der Waals surface area (Å²) in [7, 11) is 0. The van der Waals surface area contributed by atoms with Gasteiger partial charge in [-0.05, 0) is 77.2 Å². The Balaban J connectivity index is 1.38. The Morgan fingerprint density at radius 2 is 1.96 bits per heavy atom. The number of nitrogens with one attached hydrogen (secondary N) is 1. The highest BCUT2D eigenvalue weighted by Gasteiger charge is 2.31. The zero-order chi connectivity index (χ0) is 19.9. The maximum Gasteiger partial charge on any atom is 0.266 e. The molecule has 0 spiro atoms. The van der Waals surface area contributed by atoms with Crippen LogP contribution < -0.4 is 5.32 Å². The number of nitrogens with zero attached hydrogens (tertiary/aromatic N) is 1. The third-order valence-electron chi connectivity index (χ3n) is 4.10. The predicted molar refractivity (Wildman–Crippen MR) is 130 cm³/mol. The topological polar surface area (TPSA) is 49.4 Å². The fourth-order valence-electron chi connectivity index (χ4n) is 2.68. The maximum absolute atomic E-state index is 12.5. The van der Waals surface area contributed by atoms with Gasteiger partial charge in [0.25, 0.3) is 5.91 Å². The van der Waals surface area contributed by atoms with Crippen LogP contribution in [0.15, 0.2) is 46.7 Å². The van der Waals surface area contributed by atoms with E-state index in [0.29, 0.717) is 22.2 Å². The zero-order valence-corrected chi connectivity index (χ0v) is 19.6. The summed E-state index contributed by atoms with van der Waals surface area (Å²) in [5.41, 5.74) is 0.820. The van der Waals surface area contributed by atoms with E-state index >= 15 is 0 Å². The first-order valence-electron chi connectivity index (χ1n) is 8.87. The number of carbonyl (C=O) groups excluding carboxylic acids is 2. The molecule has 0 saturated carbocycles. The van der Waals surface area contributed by atoms with Crippen molar-refractivity contribution in [2.75, 3.05) is 11.9 Å². The Hall–Kier alpha value is -1.23. The van der Waals surface area contributed by atoms with Gasteiger partial charge in [0, 0.05) is 27.1 Å². The summed E-state index contributed by atoms with van der Waals surface area (Å²) in [6, 6.07) is 11.7. The molecule has 1 aliphatic rings. The van der Waals surface area contributed by atoms with Gasteiger partial charge in [0.15, 0.2) is 0 Å². The second-order valence-corrected chi connectivity index (χ2v) is 10.1. The molecule has 1 N–H and O–H groups in total. The number of hydrogen-bond acceptors (Lipinski definition) is 5. The molecule has 28 heavy (non-hydrogen) atoms. The molecule has 1 fully saturated rings. The zero-order valence-electron chi connectivity index (χ0n) is 15.0. The van der Waals surface area contributed by atoms with Crippen molar-refractivity contribution in [1.29, 1.82) is 0 Å². The van der Waals surface area contributed by atoms with Gasteiger partial charge >= 0.3 is 0 Å². The molecule has 4 nitrogen and oxygen atoms in total. The SMILES string of the molecule is O=C(CCCCCN1C(=O)C(=Cc2cccs2)SC1=S)Nc1ccc(I)cc1. The van der Waals surface area contributed by atoms with Crippen LogP contribution in [0.5, 0.6) is 0 Å². The number of rotatable bonds is 8. The third kappa shape index (κ3) is 6.13. The van der Waals surface area contributed by atoms with Gasteiger partial charge in [0.1, 0.15) is 4.32 Å². The molecule has 2 heterocycles. The lowest BCUT2D eigenvalue weighted by molar-refractivity contribution is -0.122. The van der Waals surface area contributed by atoms with E-state index in [1.54, 1.807) is 16.2 Å². The van der Waals surface area contributed by atoms with E-state index in [2.05, 4.69) is 27.9 Å². The average Bonchev–Trinajstić information content (AvgIpc) is 3.27. The van der Waals surface area contributed by atoms with E-state index in [1.165, 1.54) is 11.8 Å². The van der Waals surface area contributed by atoms with Crippen molar-refractivity contribution in [3.8, 4) is 0 Å². The summed E-state index contributed by atoms with van der Waals surface area (Å²) < 4.78 is 1.75. The molecule has 1 saturated heterocycles. The van der Waals surface area contributed by atoms with Crippen LogP contribution in [0.3, 0.4) is 0 Å². The normalized spacial score (nSPS) is 15.5. The summed E-state index contributed by atoms with van der Waals surface area (Å²) in [5.74, 6) is 0.00514. The number of halogens is 1. The van der Waals surface area contributed by atoms with Crippen molar-refractivity contribution in [2.24, 2.45) is 0 Å². The van der Waals surface area contributed by atoms with Gasteiger partial charge < -0.3 is 5.32 Å². The Labute approximate surface area is 191 Å². The van der Waals surface area contributed by atoms with E-state index in [9.17, 15) is 9.59 Å². The second kappa shape index (κ2) is 10.5. The number of thiocarbonyl (C=S) groups is 1. The molecule has 1 aromatic carbocycles. The van der Waals surface area contributed by atoms with Crippen LogP contribution in [0.4, 0.5) is 5.69 Å². The fraction of sp³-hybridized carbons (Fsp3) is 0.250. The standard InChI is InChI=1S/C20H19IN2O2S3/c21-14-7-9-15(10-8-14)22-18(24)6-2-1-3-11-23-19(25)17(28-20(23)26)13-16-5-4-12-27-16/h4-5,7-10,12-13H,1-3,6,11H2,(H,22,24). The second-order valence-electron chi connectivity index (χ2n) is 6.21. The van der Waals surface area contributed by atoms with Crippen molar-refractivity contribution in [3.05, 3.63) is 55.1 Å². The molecular weight excluding hydrogens is 523 g/mol. The van der Waals surface area contributed by atoms with Crippen LogP contribution in [0.1, 0.15) is 30.6 Å². The van der Waals surface area contributed by atoms with E-state index in [0.717, 1.165) is 33.4 Å². The number of benzene rings is 1. The molecule has 2 aromatic rings. The summed E-state index contributed by atoms with van der Waals surface area (Å²) in [6.45, 7) is 0.602. The number of anilines is 1. The van der Waals surface area contributed by atoms with Crippen LogP contribution >= 0.6 is 57.9 Å². The van der Waals surface area contributed by atoms with Gasteiger partial charge in [-0.3, -0.25) is 14.5 Å². The van der Waals surface area contributed by atoms with E-state index < -0.39 is 0 Å². The molecule has 0 aliphatic carbocycles. The first-order valence-corrected chi connectivity index (χ1v) is 12.1. The van der Waals surface area contributed by atoms with Crippen LogP contribution in [0.2, 0.25) is 0 Å². The summed E-state index contributed by atoms with van der Waals surface area (Å²) in [4.78, 5) is 27.9. The quantitative estimate of drug-likeness (QED) is 0.200. The van der Waals surface area contributed by atoms with Crippen LogP contribution in [-0.2, 0) is 9.59 Å². The monoisotopic (exact) mass is 542 g/mol. The van der Waals surface area contributed by atoms with E-state index in [1.807, 2.05) is 47.9 Å². The molecule has 0 atom stereocenters. The molecule has 146 valence electrons. The van der Waals surface area contributed by atoms with Gasteiger partial charge in [-0.2, -0.15) is 0 Å². The molecule has 2 amide bonds. The van der Waals surface area contributed by atoms with E-state index in [-0.39, 0.29) is 11.8 Å². The number of amides is 2. The molecule has 1 aliphatic heterocycles. The van der Waals surface area contributed by atoms with Crippen molar-refractivity contribution >= 4 is 85.8 Å². The highest BCUT2D eigenvalue weighted by Crippen LogP contribution is 2.33. The average molecular weight is 542 g/mol. The predicted octanol–water partition coefficient (Wildman–Crippen LogP) is 5.75. The number of thiophene rings is 1. The number of hydrogen-bond donors (Lipinski definition) is 1. The summed E-state index contributed by atoms with van der Waals surface area (Å²) in [5, 5.41) is 4.89. The number of unbranched alkanes of at least 4 members (excludes halogenated alkanes) is 2. The molecule has 3 rings (SSSR count). The largest absolute Gasteiger partial charge is 0.326 e. The Morgan fingerprint density at radius 1 is 1.18 bits per heavy atom. The summed E-state index contributed by atoms with van der Waals surface area (Å²) in [6.07, 6.45) is 4.87. The van der Waals surface area contributed by atoms with Crippen LogP contribution in [0.25, 0.3) is 6.08 Å². The first-order chi connectivity index (χ1) is 13.5. The van der Waals surface area contributed by atoms with Crippen molar-refractivity contribution in [1.82, 2.24) is 4.90 Å². The number of carbonyl (C=O) groups is 2. The Bertz CT molecular complexity index is 879. The lowest BCUT2D eigenvalue weighted by Crippen LogP contribution is -2.29. The lowest BCUT2D eigenvalue weighted by atomic mass is 10.1. The van der Waals surface area contributed by atoms with E-state index in [4.69, 9.17) is 12.2 Å². The van der Waals surface area contributed by atoms with Crippen molar-refractivity contribution in [2.45, 2.75) is 25.7 Å². The highest BCUT2D eigenvalue weighted by molar-refractivity contribution is 14.1. The fourth-order valence-corrected chi connectivity index (χ4v) is 5.08. The minimum absolute atomic E-state index is 0.0140. The minimum atomic E-state index is -0.0140. The molecule has 0 unspecified atom stereocenters. The molecule has 8 heteroatoms.